The Morgan fingerprint density at radius 1 is 1.20 bits per heavy atom. The van der Waals surface area contributed by atoms with Crippen molar-refractivity contribution in [1.82, 2.24) is 4.90 Å². The zero-order chi connectivity index (χ0) is 18.2. The molecule has 1 amide bonds. The van der Waals surface area contributed by atoms with E-state index in [-0.39, 0.29) is 12.5 Å². The number of likely N-dealkylation sites (tertiary alicyclic amines) is 1. The fourth-order valence-corrected chi connectivity index (χ4v) is 4.58. The molecule has 1 fully saturated rings. The minimum absolute atomic E-state index is 0.190. The second-order valence-corrected chi connectivity index (χ2v) is 8.62. The van der Waals surface area contributed by atoms with E-state index in [4.69, 9.17) is 0 Å². The molecule has 136 valence electrons. The third-order valence-corrected chi connectivity index (χ3v) is 6.04. The lowest BCUT2D eigenvalue weighted by Crippen LogP contribution is -2.42. The molecule has 2 aliphatic rings. The van der Waals surface area contributed by atoms with Gasteiger partial charge in [-0.1, -0.05) is 0 Å². The third-order valence-electron chi connectivity index (χ3n) is 4.86. The lowest BCUT2D eigenvalue weighted by molar-refractivity contribution is -0.143. The molecular formula is C17H22N2O5S. The molecule has 0 bridgehead atoms. The van der Waals surface area contributed by atoms with Crippen molar-refractivity contribution in [2.45, 2.75) is 25.7 Å². The van der Waals surface area contributed by atoms with Gasteiger partial charge in [0.25, 0.3) is 5.91 Å². The smallest absolute Gasteiger partial charge is 0.308 e. The number of rotatable bonds is 3. The number of aryl methyl sites for hydroxylation is 1. The van der Waals surface area contributed by atoms with Crippen molar-refractivity contribution in [3.05, 3.63) is 29.3 Å². The first-order valence-corrected chi connectivity index (χ1v) is 10.2. The van der Waals surface area contributed by atoms with E-state index in [1.807, 2.05) is 0 Å². The number of hydrogen-bond acceptors (Lipinski definition) is 4. The van der Waals surface area contributed by atoms with Crippen LogP contribution in [0.1, 0.15) is 35.2 Å². The van der Waals surface area contributed by atoms with Crippen LogP contribution in [0.25, 0.3) is 0 Å². The van der Waals surface area contributed by atoms with Crippen LogP contribution in [0.4, 0.5) is 5.69 Å². The SMILES string of the molecule is CS(=O)(=O)N1CCCc2cc(C(=O)N3CCC[C@H](C(=O)O)C3)ccc21. The van der Waals surface area contributed by atoms with Gasteiger partial charge in [0.1, 0.15) is 0 Å². The van der Waals surface area contributed by atoms with Gasteiger partial charge >= 0.3 is 5.97 Å². The van der Waals surface area contributed by atoms with E-state index >= 15 is 0 Å². The molecule has 7 nitrogen and oxygen atoms in total. The van der Waals surface area contributed by atoms with Gasteiger partial charge < -0.3 is 10.0 Å². The first kappa shape index (κ1) is 17.7. The number of anilines is 1. The predicted octanol–water partition coefficient (Wildman–Crippen LogP) is 1.34. The monoisotopic (exact) mass is 366 g/mol. The van der Waals surface area contributed by atoms with Gasteiger partial charge in [-0.15, -0.1) is 0 Å². The van der Waals surface area contributed by atoms with E-state index in [1.165, 1.54) is 10.6 Å². The highest BCUT2D eigenvalue weighted by molar-refractivity contribution is 7.92. The molecule has 1 atom stereocenters. The van der Waals surface area contributed by atoms with Crippen molar-refractivity contribution in [3.8, 4) is 0 Å². The van der Waals surface area contributed by atoms with Crippen LogP contribution in [0, 0.1) is 5.92 Å². The third kappa shape index (κ3) is 3.63. The molecule has 2 heterocycles. The van der Waals surface area contributed by atoms with E-state index in [0.29, 0.717) is 43.6 Å². The van der Waals surface area contributed by atoms with Crippen LogP contribution in [-0.2, 0) is 21.2 Å². The minimum atomic E-state index is -3.34. The van der Waals surface area contributed by atoms with Gasteiger partial charge in [-0.25, -0.2) is 8.42 Å². The fraction of sp³-hybridized carbons (Fsp3) is 0.529. The van der Waals surface area contributed by atoms with Crippen LogP contribution in [0.15, 0.2) is 18.2 Å². The highest BCUT2D eigenvalue weighted by atomic mass is 32.2. The van der Waals surface area contributed by atoms with Gasteiger partial charge in [-0.2, -0.15) is 0 Å². The molecule has 0 radical (unpaired) electrons. The summed E-state index contributed by atoms with van der Waals surface area (Å²) in [6.07, 6.45) is 3.88. The second kappa shape index (κ2) is 6.67. The molecule has 25 heavy (non-hydrogen) atoms. The topological polar surface area (TPSA) is 95.0 Å². The zero-order valence-corrected chi connectivity index (χ0v) is 15.0. The van der Waals surface area contributed by atoms with E-state index in [2.05, 4.69) is 0 Å². The Balaban J connectivity index is 1.84. The molecule has 1 saturated heterocycles. The molecule has 1 aromatic carbocycles. The van der Waals surface area contributed by atoms with Crippen LogP contribution in [-0.4, -0.2) is 56.2 Å². The molecule has 0 spiro atoms. The number of carboxylic acid groups (broad SMARTS) is 1. The number of sulfonamides is 1. The number of carboxylic acids is 1. The maximum Gasteiger partial charge on any atom is 0.308 e. The van der Waals surface area contributed by atoms with Gasteiger partial charge in [0.15, 0.2) is 0 Å². The number of carbonyl (C=O) groups excluding carboxylic acids is 1. The molecule has 0 saturated carbocycles. The molecule has 0 unspecified atom stereocenters. The van der Waals surface area contributed by atoms with Crippen molar-refractivity contribution in [2.24, 2.45) is 5.92 Å². The molecule has 0 aliphatic carbocycles. The Kier molecular flexibility index (Phi) is 4.73. The second-order valence-electron chi connectivity index (χ2n) is 6.71. The number of hydrogen-bond donors (Lipinski definition) is 1. The average Bonchev–Trinajstić information content (AvgIpc) is 2.59. The van der Waals surface area contributed by atoms with E-state index in [0.717, 1.165) is 12.0 Å². The number of amides is 1. The Morgan fingerprint density at radius 3 is 2.64 bits per heavy atom. The van der Waals surface area contributed by atoms with E-state index in [9.17, 15) is 23.1 Å². The number of fused-ring (bicyclic) bond motifs is 1. The van der Waals surface area contributed by atoms with Crippen LogP contribution in [0.2, 0.25) is 0 Å². The maximum absolute atomic E-state index is 12.7. The van der Waals surface area contributed by atoms with Gasteiger partial charge in [-0.3, -0.25) is 13.9 Å². The Hall–Kier alpha value is -2.09. The lowest BCUT2D eigenvalue weighted by atomic mass is 9.96. The van der Waals surface area contributed by atoms with Crippen molar-refractivity contribution in [3.63, 3.8) is 0 Å². The Bertz CT molecular complexity index is 805. The molecule has 1 aromatic rings. The van der Waals surface area contributed by atoms with Gasteiger partial charge in [-0.05, 0) is 49.4 Å². The molecule has 1 N–H and O–H groups in total. The van der Waals surface area contributed by atoms with Gasteiger partial charge in [0.2, 0.25) is 10.0 Å². The average molecular weight is 366 g/mol. The lowest BCUT2D eigenvalue weighted by Gasteiger charge is -2.32. The molecular weight excluding hydrogens is 344 g/mol. The summed E-state index contributed by atoms with van der Waals surface area (Å²) in [7, 11) is -3.34. The van der Waals surface area contributed by atoms with Gasteiger partial charge in [0.05, 0.1) is 17.9 Å². The van der Waals surface area contributed by atoms with Crippen molar-refractivity contribution in [1.29, 1.82) is 0 Å². The number of aliphatic carboxylic acids is 1. The number of piperidine rings is 1. The largest absolute Gasteiger partial charge is 0.481 e. The van der Waals surface area contributed by atoms with Crippen LogP contribution < -0.4 is 4.31 Å². The summed E-state index contributed by atoms with van der Waals surface area (Å²) in [6.45, 7) is 1.22. The normalized spacial score (nSPS) is 20.9. The van der Waals surface area contributed by atoms with Crippen LogP contribution in [0.3, 0.4) is 0 Å². The van der Waals surface area contributed by atoms with Crippen molar-refractivity contribution < 1.29 is 23.1 Å². The summed E-state index contributed by atoms with van der Waals surface area (Å²) < 4.78 is 25.2. The van der Waals surface area contributed by atoms with Crippen molar-refractivity contribution >= 4 is 27.6 Å². The number of carbonyl (C=O) groups is 2. The minimum Gasteiger partial charge on any atom is -0.481 e. The first-order valence-electron chi connectivity index (χ1n) is 8.40. The molecule has 2 aliphatic heterocycles. The summed E-state index contributed by atoms with van der Waals surface area (Å²) in [6, 6.07) is 5.07. The summed E-state index contributed by atoms with van der Waals surface area (Å²) in [5, 5.41) is 9.17. The number of nitrogens with zero attached hydrogens (tertiary/aromatic N) is 2. The summed E-state index contributed by atoms with van der Waals surface area (Å²) in [4.78, 5) is 25.5. The predicted molar refractivity (Wildman–Crippen MR) is 93.2 cm³/mol. The van der Waals surface area contributed by atoms with Crippen LogP contribution in [0.5, 0.6) is 0 Å². The van der Waals surface area contributed by atoms with E-state index < -0.39 is 21.9 Å². The van der Waals surface area contributed by atoms with Crippen molar-refractivity contribution in [2.75, 3.05) is 30.2 Å². The Morgan fingerprint density at radius 2 is 1.96 bits per heavy atom. The molecule has 8 heteroatoms. The summed E-state index contributed by atoms with van der Waals surface area (Å²) >= 11 is 0. The van der Waals surface area contributed by atoms with Crippen LogP contribution >= 0.6 is 0 Å². The van der Waals surface area contributed by atoms with E-state index in [1.54, 1.807) is 23.1 Å². The Labute approximate surface area is 147 Å². The fourth-order valence-electron chi connectivity index (χ4n) is 3.59. The highest BCUT2D eigenvalue weighted by Gasteiger charge is 2.30. The maximum atomic E-state index is 12.7. The molecule has 3 rings (SSSR count). The quantitative estimate of drug-likeness (QED) is 0.871. The summed E-state index contributed by atoms with van der Waals surface area (Å²) in [5.74, 6) is -1.58. The summed E-state index contributed by atoms with van der Waals surface area (Å²) in [5.41, 5.74) is 1.96. The molecule has 0 aromatic heterocycles. The van der Waals surface area contributed by atoms with Gasteiger partial charge in [0, 0.05) is 25.2 Å². The highest BCUT2D eigenvalue weighted by Crippen LogP contribution is 2.30. The number of benzene rings is 1. The standard InChI is InChI=1S/C17H22N2O5S/c1-25(23,24)19-9-3-4-12-10-13(6-7-15(12)19)16(20)18-8-2-5-14(11-18)17(21)22/h6-7,10,14H,2-5,8-9,11H2,1H3,(H,21,22)/t14-/m0/s1. The first-order chi connectivity index (χ1) is 11.8. The zero-order valence-electron chi connectivity index (χ0n) is 14.1.